The molecule has 0 aliphatic carbocycles. The van der Waals surface area contributed by atoms with Crippen molar-refractivity contribution < 1.29 is 28.7 Å². The van der Waals surface area contributed by atoms with Gasteiger partial charge in [-0.05, 0) is 31.0 Å². The molecule has 1 aromatic carbocycles. The van der Waals surface area contributed by atoms with E-state index in [0.29, 0.717) is 43.2 Å². The standard InChI is InChI=1S/C18H22N4O6/c1-3-6-19-16(25)20-14(23)10-22-15(24)18(2,21-17(22)26)11-4-5-12-13(9-11)28-8-7-27-12/h4-5,9H,3,6-8,10H2,1-2H3,(H,21,26)(H2,19,20,23,25)/t18-/m0/s1. The van der Waals surface area contributed by atoms with E-state index in [1.807, 2.05) is 6.92 Å². The van der Waals surface area contributed by atoms with Crippen LogP contribution >= 0.6 is 0 Å². The van der Waals surface area contributed by atoms with Crippen molar-refractivity contribution in [2.24, 2.45) is 0 Å². The lowest BCUT2D eigenvalue weighted by Gasteiger charge is -2.25. The Morgan fingerprint density at radius 3 is 2.64 bits per heavy atom. The Bertz CT molecular complexity index is 826. The van der Waals surface area contributed by atoms with Gasteiger partial charge in [0.2, 0.25) is 5.91 Å². The average Bonchev–Trinajstić information content (AvgIpc) is 2.90. The first-order valence-corrected chi connectivity index (χ1v) is 8.97. The number of nitrogens with zero attached hydrogens (tertiary/aromatic N) is 1. The van der Waals surface area contributed by atoms with Gasteiger partial charge in [-0.25, -0.2) is 9.59 Å². The summed E-state index contributed by atoms with van der Waals surface area (Å²) in [5, 5.41) is 7.18. The molecule has 10 heteroatoms. The molecule has 1 atom stereocenters. The first-order valence-electron chi connectivity index (χ1n) is 8.97. The largest absolute Gasteiger partial charge is 0.486 e. The molecule has 0 unspecified atom stereocenters. The summed E-state index contributed by atoms with van der Waals surface area (Å²) in [7, 11) is 0. The van der Waals surface area contributed by atoms with Crippen LogP contribution in [-0.2, 0) is 15.1 Å². The van der Waals surface area contributed by atoms with Crippen LogP contribution in [0.4, 0.5) is 9.59 Å². The highest BCUT2D eigenvalue weighted by atomic mass is 16.6. The highest BCUT2D eigenvalue weighted by Gasteiger charge is 2.49. The number of carbonyl (C=O) groups is 4. The fraction of sp³-hybridized carbons (Fsp3) is 0.444. The van der Waals surface area contributed by atoms with Gasteiger partial charge in [-0.2, -0.15) is 0 Å². The average molecular weight is 390 g/mol. The molecular weight excluding hydrogens is 368 g/mol. The zero-order chi connectivity index (χ0) is 20.3. The van der Waals surface area contributed by atoms with E-state index in [1.54, 1.807) is 25.1 Å². The first kappa shape index (κ1) is 19.5. The molecule has 0 aromatic heterocycles. The number of fused-ring (bicyclic) bond motifs is 1. The fourth-order valence-electron chi connectivity index (χ4n) is 2.98. The van der Waals surface area contributed by atoms with Gasteiger partial charge in [0, 0.05) is 6.54 Å². The van der Waals surface area contributed by atoms with Gasteiger partial charge < -0.3 is 20.1 Å². The number of imide groups is 2. The molecule has 0 radical (unpaired) electrons. The van der Waals surface area contributed by atoms with Crippen molar-refractivity contribution in [3.8, 4) is 11.5 Å². The van der Waals surface area contributed by atoms with E-state index in [1.165, 1.54) is 0 Å². The van der Waals surface area contributed by atoms with Crippen LogP contribution in [0.15, 0.2) is 18.2 Å². The number of amides is 6. The van der Waals surface area contributed by atoms with Crippen molar-refractivity contribution >= 4 is 23.9 Å². The summed E-state index contributed by atoms with van der Waals surface area (Å²) in [6.45, 7) is 4.08. The van der Waals surface area contributed by atoms with Gasteiger partial charge in [0.1, 0.15) is 25.3 Å². The van der Waals surface area contributed by atoms with Gasteiger partial charge in [0.15, 0.2) is 11.5 Å². The number of rotatable bonds is 5. The van der Waals surface area contributed by atoms with Crippen LogP contribution in [-0.4, -0.2) is 55.1 Å². The van der Waals surface area contributed by atoms with Gasteiger partial charge in [0.25, 0.3) is 5.91 Å². The summed E-state index contributed by atoms with van der Waals surface area (Å²) in [5.74, 6) is -0.317. The zero-order valence-corrected chi connectivity index (χ0v) is 15.7. The number of urea groups is 2. The lowest BCUT2D eigenvalue weighted by atomic mass is 9.91. The van der Waals surface area contributed by atoms with Crippen LogP contribution in [0.2, 0.25) is 0 Å². The third kappa shape index (κ3) is 3.71. The lowest BCUT2D eigenvalue weighted by molar-refractivity contribution is -0.134. The number of carbonyl (C=O) groups excluding carboxylic acids is 4. The Labute approximate surface area is 161 Å². The predicted molar refractivity (Wildman–Crippen MR) is 96.9 cm³/mol. The smallest absolute Gasteiger partial charge is 0.325 e. The normalized spacial score (nSPS) is 20.6. The molecule has 2 aliphatic heterocycles. The van der Waals surface area contributed by atoms with Crippen molar-refractivity contribution in [3.05, 3.63) is 23.8 Å². The maximum Gasteiger partial charge on any atom is 0.325 e. The topological polar surface area (TPSA) is 126 Å². The Morgan fingerprint density at radius 1 is 1.21 bits per heavy atom. The molecule has 0 saturated carbocycles. The minimum Gasteiger partial charge on any atom is -0.486 e. The van der Waals surface area contributed by atoms with Crippen LogP contribution in [0.3, 0.4) is 0 Å². The number of benzene rings is 1. The van der Waals surface area contributed by atoms with Crippen molar-refractivity contribution in [1.82, 2.24) is 20.9 Å². The van der Waals surface area contributed by atoms with E-state index in [2.05, 4.69) is 16.0 Å². The minimum absolute atomic E-state index is 0.389. The van der Waals surface area contributed by atoms with E-state index >= 15 is 0 Å². The summed E-state index contributed by atoms with van der Waals surface area (Å²) in [6.07, 6.45) is 0.711. The monoisotopic (exact) mass is 390 g/mol. The van der Waals surface area contributed by atoms with Crippen molar-refractivity contribution in [1.29, 1.82) is 0 Å². The lowest BCUT2D eigenvalue weighted by Crippen LogP contribution is -2.47. The Balaban J connectivity index is 1.72. The fourth-order valence-corrected chi connectivity index (χ4v) is 2.98. The van der Waals surface area contributed by atoms with Crippen molar-refractivity contribution in [2.45, 2.75) is 25.8 Å². The van der Waals surface area contributed by atoms with Gasteiger partial charge in [-0.1, -0.05) is 13.0 Å². The summed E-state index contributed by atoms with van der Waals surface area (Å²) in [4.78, 5) is 49.6. The molecular formula is C18H22N4O6. The number of ether oxygens (including phenoxy) is 2. The number of hydrogen-bond donors (Lipinski definition) is 3. The van der Waals surface area contributed by atoms with Gasteiger partial charge in [-0.15, -0.1) is 0 Å². The van der Waals surface area contributed by atoms with Crippen molar-refractivity contribution in [2.75, 3.05) is 26.3 Å². The maximum atomic E-state index is 12.9. The van der Waals surface area contributed by atoms with Gasteiger partial charge in [0.05, 0.1) is 0 Å². The third-order valence-electron chi connectivity index (χ3n) is 4.48. The van der Waals surface area contributed by atoms with Gasteiger partial charge >= 0.3 is 12.1 Å². The van der Waals surface area contributed by atoms with E-state index in [0.717, 1.165) is 4.90 Å². The second kappa shape index (κ2) is 7.75. The molecule has 28 heavy (non-hydrogen) atoms. The first-order chi connectivity index (χ1) is 13.3. The molecule has 1 saturated heterocycles. The highest BCUT2D eigenvalue weighted by molar-refractivity contribution is 6.10. The molecule has 3 rings (SSSR count). The van der Waals surface area contributed by atoms with Crippen LogP contribution in [0.5, 0.6) is 11.5 Å². The molecule has 1 fully saturated rings. The molecule has 6 amide bonds. The number of hydrogen-bond acceptors (Lipinski definition) is 6. The van der Waals surface area contributed by atoms with Crippen LogP contribution < -0.4 is 25.4 Å². The van der Waals surface area contributed by atoms with Crippen LogP contribution in [0.25, 0.3) is 0 Å². The number of nitrogens with one attached hydrogen (secondary N) is 3. The second-order valence-corrected chi connectivity index (χ2v) is 6.61. The highest BCUT2D eigenvalue weighted by Crippen LogP contribution is 2.36. The molecule has 1 aromatic rings. The zero-order valence-electron chi connectivity index (χ0n) is 15.7. The molecule has 3 N–H and O–H groups in total. The van der Waals surface area contributed by atoms with Crippen LogP contribution in [0, 0.1) is 0 Å². The summed E-state index contributed by atoms with van der Waals surface area (Å²) >= 11 is 0. The molecule has 150 valence electrons. The molecule has 2 heterocycles. The van der Waals surface area contributed by atoms with E-state index in [4.69, 9.17) is 9.47 Å². The predicted octanol–water partition coefficient (Wildman–Crippen LogP) is 0.461. The second-order valence-electron chi connectivity index (χ2n) is 6.61. The molecule has 10 nitrogen and oxygen atoms in total. The third-order valence-corrected chi connectivity index (χ3v) is 4.48. The van der Waals surface area contributed by atoms with E-state index in [-0.39, 0.29) is 0 Å². The van der Waals surface area contributed by atoms with Crippen molar-refractivity contribution in [3.63, 3.8) is 0 Å². The summed E-state index contributed by atoms with van der Waals surface area (Å²) in [5.41, 5.74) is -0.865. The summed E-state index contributed by atoms with van der Waals surface area (Å²) in [6, 6.07) is 3.57. The Morgan fingerprint density at radius 2 is 1.93 bits per heavy atom. The Hall–Kier alpha value is -3.30. The van der Waals surface area contributed by atoms with E-state index < -0.39 is 36.0 Å². The molecule has 2 aliphatic rings. The quantitative estimate of drug-likeness (QED) is 0.627. The SMILES string of the molecule is CCCNC(=O)NC(=O)CN1C(=O)N[C@@](C)(c2ccc3c(c2)OCCO3)C1=O. The van der Waals surface area contributed by atoms with Crippen LogP contribution in [0.1, 0.15) is 25.8 Å². The summed E-state index contributed by atoms with van der Waals surface area (Å²) < 4.78 is 11.0. The van der Waals surface area contributed by atoms with E-state index in [9.17, 15) is 19.2 Å². The maximum absolute atomic E-state index is 12.9. The minimum atomic E-state index is -1.36. The van der Waals surface area contributed by atoms with Gasteiger partial charge in [-0.3, -0.25) is 19.8 Å². The Kier molecular flexibility index (Phi) is 5.39. The molecule has 0 bridgehead atoms. The molecule has 0 spiro atoms.